The minimum absolute atomic E-state index is 0.00555. The van der Waals surface area contributed by atoms with Crippen molar-refractivity contribution < 1.29 is 9.90 Å². The second-order valence-electron chi connectivity index (χ2n) is 6.53. The van der Waals surface area contributed by atoms with E-state index in [0.717, 1.165) is 23.7 Å². The molecule has 25 heavy (non-hydrogen) atoms. The van der Waals surface area contributed by atoms with Crippen molar-refractivity contribution in [1.29, 1.82) is 0 Å². The van der Waals surface area contributed by atoms with Gasteiger partial charge >= 0.3 is 0 Å². The standard InChI is InChI=1S/C19H25N3O2S/c1-2-19-21-15(13-25-19)8-18(24)20-10-16-9-17(23)12-22(16)11-14-6-4-3-5-7-14/h3-7,13,16-17,23H,2,8-12H2,1H3,(H,20,24)/t16-,17-/m1/s1. The SMILES string of the molecule is CCc1nc(CC(=O)NC[C@H]2C[C@@H](O)CN2Cc2ccccc2)cs1. The molecule has 1 saturated heterocycles. The molecule has 1 aromatic carbocycles. The predicted molar refractivity (Wildman–Crippen MR) is 99.5 cm³/mol. The van der Waals surface area contributed by atoms with Crippen molar-refractivity contribution in [1.82, 2.24) is 15.2 Å². The molecule has 3 rings (SSSR count). The van der Waals surface area contributed by atoms with Crippen LogP contribution in [-0.2, 0) is 24.2 Å². The summed E-state index contributed by atoms with van der Waals surface area (Å²) in [4.78, 5) is 18.9. The number of carbonyl (C=O) groups is 1. The summed E-state index contributed by atoms with van der Waals surface area (Å²) < 4.78 is 0. The number of aliphatic hydroxyl groups excluding tert-OH is 1. The smallest absolute Gasteiger partial charge is 0.226 e. The molecule has 0 bridgehead atoms. The highest BCUT2D eigenvalue weighted by Crippen LogP contribution is 2.20. The first-order chi connectivity index (χ1) is 12.1. The maximum absolute atomic E-state index is 12.2. The van der Waals surface area contributed by atoms with Crippen LogP contribution in [0.5, 0.6) is 0 Å². The van der Waals surface area contributed by atoms with Crippen LogP contribution in [0.2, 0.25) is 0 Å². The fraction of sp³-hybridized carbons (Fsp3) is 0.474. The van der Waals surface area contributed by atoms with Gasteiger partial charge in [-0.3, -0.25) is 9.69 Å². The zero-order valence-corrected chi connectivity index (χ0v) is 15.3. The lowest BCUT2D eigenvalue weighted by Gasteiger charge is -2.24. The van der Waals surface area contributed by atoms with E-state index in [2.05, 4.69) is 34.3 Å². The van der Waals surface area contributed by atoms with Gasteiger partial charge in [-0.05, 0) is 18.4 Å². The number of β-amino-alcohol motifs (C(OH)–C–C–N with tert-alkyl or cyclic N) is 1. The number of nitrogens with zero attached hydrogens (tertiary/aromatic N) is 2. The van der Waals surface area contributed by atoms with Crippen LogP contribution in [0.25, 0.3) is 0 Å². The maximum atomic E-state index is 12.2. The second-order valence-corrected chi connectivity index (χ2v) is 7.47. The molecule has 134 valence electrons. The Morgan fingerprint density at radius 2 is 2.20 bits per heavy atom. The summed E-state index contributed by atoms with van der Waals surface area (Å²) in [6.45, 7) is 4.08. The Balaban J connectivity index is 1.50. The molecule has 1 aliphatic rings. The van der Waals surface area contributed by atoms with E-state index in [1.54, 1.807) is 11.3 Å². The molecule has 5 nitrogen and oxygen atoms in total. The zero-order chi connectivity index (χ0) is 17.6. The molecule has 2 atom stereocenters. The highest BCUT2D eigenvalue weighted by molar-refractivity contribution is 7.09. The zero-order valence-electron chi connectivity index (χ0n) is 14.5. The highest BCUT2D eigenvalue weighted by Gasteiger charge is 2.30. The van der Waals surface area contributed by atoms with E-state index in [1.807, 2.05) is 23.6 Å². The van der Waals surface area contributed by atoms with E-state index in [1.165, 1.54) is 5.56 Å². The fourth-order valence-corrected chi connectivity index (χ4v) is 3.98. The molecule has 1 amide bonds. The van der Waals surface area contributed by atoms with Gasteiger partial charge in [0, 0.05) is 31.1 Å². The third-order valence-corrected chi connectivity index (χ3v) is 5.55. The minimum atomic E-state index is -0.323. The molecular formula is C19H25N3O2S. The van der Waals surface area contributed by atoms with Crippen LogP contribution >= 0.6 is 11.3 Å². The number of hydrogen-bond acceptors (Lipinski definition) is 5. The Morgan fingerprint density at radius 1 is 1.40 bits per heavy atom. The number of aromatic nitrogens is 1. The number of carbonyl (C=O) groups excluding carboxylic acids is 1. The van der Waals surface area contributed by atoms with E-state index >= 15 is 0 Å². The van der Waals surface area contributed by atoms with E-state index < -0.39 is 0 Å². The number of hydrogen-bond donors (Lipinski definition) is 2. The van der Waals surface area contributed by atoms with E-state index in [-0.39, 0.29) is 18.1 Å². The van der Waals surface area contributed by atoms with Crippen LogP contribution in [-0.4, -0.2) is 46.1 Å². The van der Waals surface area contributed by atoms with Crippen LogP contribution in [0.1, 0.15) is 29.6 Å². The monoisotopic (exact) mass is 359 g/mol. The average molecular weight is 359 g/mol. The van der Waals surface area contributed by atoms with E-state index in [9.17, 15) is 9.90 Å². The number of aliphatic hydroxyl groups is 1. The van der Waals surface area contributed by atoms with Crippen molar-refractivity contribution in [2.75, 3.05) is 13.1 Å². The van der Waals surface area contributed by atoms with Crippen molar-refractivity contribution in [3.63, 3.8) is 0 Å². The molecular weight excluding hydrogens is 334 g/mol. The number of rotatable bonds is 7. The summed E-state index contributed by atoms with van der Waals surface area (Å²) in [5.41, 5.74) is 2.06. The summed E-state index contributed by atoms with van der Waals surface area (Å²) in [5, 5.41) is 16.0. The Morgan fingerprint density at radius 3 is 2.92 bits per heavy atom. The predicted octanol–water partition coefficient (Wildman–Crippen LogP) is 2.00. The van der Waals surface area contributed by atoms with Crippen LogP contribution in [0.4, 0.5) is 0 Å². The van der Waals surface area contributed by atoms with E-state index in [4.69, 9.17) is 0 Å². The number of amides is 1. The quantitative estimate of drug-likeness (QED) is 0.794. The number of aryl methyl sites for hydroxylation is 1. The van der Waals surface area contributed by atoms with Gasteiger partial charge in [0.2, 0.25) is 5.91 Å². The Bertz CT molecular complexity index is 689. The second kappa shape index (κ2) is 8.56. The highest BCUT2D eigenvalue weighted by atomic mass is 32.1. The molecule has 0 saturated carbocycles. The molecule has 1 aliphatic heterocycles. The first-order valence-electron chi connectivity index (χ1n) is 8.80. The molecule has 0 spiro atoms. The number of thiazole rings is 1. The molecule has 2 heterocycles. The van der Waals surface area contributed by atoms with Gasteiger partial charge in [-0.1, -0.05) is 37.3 Å². The lowest BCUT2D eigenvalue weighted by molar-refractivity contribution is -0.120. The van der Waals surface area contributed by atoms with Gasteiger partial charge in [0.25, 0.3) is 0 Å². The number of likely N-dealkylation sites (tertiary alicyclic amines) is 1. The van der Waals surface area contributed by atoms with Crippen LogP contribution < -0.4 is 5.32 Å². The molecule has 0 unspecified atom stereocenters. The topological polar surface area (TPSA) is 65.5 Å². The van der Waals surface area contributed by atoms with Crippen molar-refractivity contribution in [3.8, 4) is 0 Å². The lowest BCUT2D eigenvalue weighted by Crippen LogP contribution is -2.40. The van der Waals surface area contributed by atoms with Gasteiger partial charge in [-0.25, -0.2) is 4.98 Å². The Hall–Kier alpha value is -1.76. The van der Waals surface area contributed by atoms with Gasteiger partial charge in [0.1, 0.15) is 0 Å². The average Bonchev–Trinajstić information content (AvgIpc) is 3.20. The maximum Gasteiger partial charge on any atom is 0.226 e. The van der Waals surface area contributed by atoms with Crippen LogP contribution in [0, 0.1) is 0 Å². The molecule has 2 N–H and O–H groups in total. The molecule has 1 aromatic heterocycles. The summed E-state index contributed by atoms with van der Waals surface area (Å²) >= 11 is 1.60. The molecule has 1 fully saturated rings. The molecule has 6 heteroatoms. The summed E-state index contributed by atoms with van der Waals surface area (Å²) in [6.07, 6.45) is 1.60. The van der Waals surface area contributed by atoms with Crippen LogP contribution in [0.3, 0.4) is 0 Å². The van der Waals surface area contributed by atoms with Crippen molar-refractivity contribution in [3.05, 3.63) is 52.0 Å². The van der Waals surface area contributed by atoms with E-state index in [0.29, 0.717) is 25.9 Å². The third-order valence-electron chi connectivity index (χ3n) is 4.51. The van der Waals surface area contributed by atoms with Gasteiger partial charge < -0.3 is 10.4 Å². The summed E-state index contributed by atoms with van der Waals surface area (Å²) in [7, 11) is 0. The van der Waals surface area contributed by atoms with Crippen LogP contribution in [0.15, 0.2) is 35.7 Å². The summed E-state index contributed by atoms with van der Waals surface area (Å²) in [5.74, 6) is -0.00555. The number of nitrogens with one attached hydrogen (secondary N) is 1. The Kier molecular flexibility index (Phi) is 6.18. The molecule has 2 aromatic rings. The fourth-order valence-electron chi connectivity index (χ4n) is 3.23. The largest absolute Gasteiger partial charge is 0.392 e. The van der Waals surface area contributed by atoms with Crippen molar-refractivity contribution >= 4 is 17.2 Å². The van der Waals surface area contributed by atoms with Gasteiger partial charge in [-0.15, -0.1) is 11.3 Å². The van der Waals surface area contributed by atoms with Gasteiger partial charge in [-0.2, -0.15) is 0 Å². The normalized spacial score (nSPS) is 20.7. The van der Waals surface area contributed by atoms with Crippen molar-refractivity contribution in [2.24, 2.45) is 0 Å². The van der Waals surface area contributed by atoms with Gasteiger partial charge in [0.15, 0.2) is 0 Å². The third kappa shape index (κ3) is 5.11. The Labute approximate surface area is 152 Å². The minimum Gasteiger partial charge on any atom is -0.392 e. The van der Waals surface area contributed by atoms with Crippen molar-refractivity contribution in [2.45, 2.75) is 44.9 Å². The first-order valence-corrected chi connectivity index (χ1v) is 9.68. The summed E-state index contributed by atoms with van der Waals surface area (Å²) in [6, 6.07) is 10.4. The molecule has 0 aliphatic carbocycles. The first kappa shape index (κ1) is 18.0. The van der Waals surface area contributed by atoms with Gasteiger partial charge in [0.05, 0.1) is 23.2 Å². The lowest BCUT2D eigenvalue weighted by atomic mass is 10.1. The number of benzene rings is 1. The molecule has 0 radical (unpaired) electrons.